The van der Waals surface area contributed by atoms with E-state index < -0.39 is 0 Å². The Kier molecular flexibility index (Phi) is 3.56. The lowest BCUT2D eigenvalue weighted by Gasteiger charge is -1.99. The van der Waals surface area contributed by atoms with E-state index in [4.69, 9.17) is 23.2 Å². The Bertz CT molecular complexity index is 708. The molecule has 0 unspecified atom stereocenters. The molecule has 0 aliphatic carbocycles. The van der Waals surface area contributed by atoms with Gasteiger partial charge in [-0.3, -0.25) is 0 Å². The zero-order valence-corrected chi connectivity index (χ0v) is 12.1. The Labute approximate surface area is 125 Å². The summed E-state index contributed by atoms with van der Waals surface area (Å²) in [7, 11) is 0. The molecule has 2 aromatic carbocycles. The fourth-order valence-corrected chi connectivity index (χ4v) is 3.18. The van der Waals surface area contributed by atoms with Gasteiger partial charge in [0.2, 0.25) is 0 Å². The van der Waals surface area contributed by atoms with Crippen LogP contribution in [0, 0.1) is 0 Å². The summed E-state index contributed by atoms with van der Waals surface area (Å²) in [5.41, 5.74) is 1.84. The van der Waals surface area contributed by atoms with Gasteiger partial charge in [-0.25, -0.2) is 4.98 Å². The molecule has 0 saturated carbocycles. The van der Waals surface area contributed by atoms with Crippen molar-refractivity contribution < 1.29 is 0 Å². The van der Waals surface area contributed by atoms with Crippen LogP contribution in [0.1, 0.15) is 10.6 Å². The van der Waals surface area contributed by atoms with Crippen LogP contribution in [0.15, 0.2) is 42.5 Å². The van der Waals surface area contributed by atoms with Crippen LogP contribution in [0.4, 0.5) is 0 Å². The van der Waals surface area contributed by atoms with Gasteiger partial charge >= 0.3 is 0 Å². The number of thiazole rings is 1. The summed E-state index contributed by atoms with van der Waals surface area (Å²) in [5, 5.41) is 2.23. The molecule has 94 valence electrons. The van der Waals surface area contributed by atoms with Crippen molar-refractivity contribution in [3.63, 3.8) is 0 Å². The van der Waals surface area contributed by atoms with Crippen LogP contribution >= 0.6 is 34.5 Å². The molecule has 4 heteroatoms. The molecular weight excluding hydrogens is 297 g/mol. The predicted molar refractivity (Wildman–Crippen MR) is 85.0 cm³/mol. The molecule has 0 saturated heterocycles. The second kappa shape index (κ2) is 5.33. The highest BCUT2D eigenvalue weighted by Crippen LogP contribution is 2.28. The van der Waals surface area contributed by atoms with Crippen molar-refractivity contribution >= 4 is 56.9 Å². The molecule has 3 rings (SSSR count). The maximum absolute atomic E-state index is 6.12. The number of hydrogen-bond donors (Lipinski definition) is 0. The van der Waals surface area contributed by atoms with E-state index in [2.05, 4.69) is 11.1 Å². The summed E-state index contributed by atoms with van der Waals surface area (Å²) < 4.78 is 1.17. The lowest BCUT2D eigenvalue weighted by molar-refractivity contribution is 1.46. The van der Waals surface area contributed by atoms with Gasteiger partial charge in [0.1, 0.15) is 5.01 Å². The predicted octanol–water partition coefficient (Wildman–Crippen LogP) is 5.77. The Morgan fingerprint density at radius 3 is 2.37 bits per heavy atom. The highest BCUT2D eigenvalue weighted by Gasteiger charge is 2.03. The average Bonchev–Trinajstić information content (AvgIpc) is 2.81. The number of para-hydroxylation sites is 1. The Balaban J connectivity index is 1.98. The molecule has 1 aromatic heterocycles. The van der Waals surface area contributed by atoms with E-state index in [-0.39, 0.29) is 0 Å². The van der Waals surface area contributed by atoms with Gasteiger partial charge in [-0.15, -0.1) is 11.3 Å². The number of halogens is 2. The SMILES string of the molecule is Clc1cccc(Cl)c1C=Cc1nc2ccccc2s1. The third-order valence-electron chi connectivity index (χ3n) is 2.70. The van der Waals surface area contributed by atoms with Gasteiger partial charge in [-0.05, 0) is 36.4 Å². The van der Waals surface area contributed by atoms with Crippen molar-refractivity contribution in [3.05, 3.63) is 63.1 Å². The quantitative estimate of drug-likeness (QED) is 0.585. The van der Waals surface area contributed by atoms with Crippen LogP contribution in [0.25, 0.3) is 22.4 Å². The Morgan fingerprint density at radius 1 is 0.895 bits per heavy atom. The molecule has 0 atom stereocenters. The van der Waals surface area contributed by atoms with Crippen molar-refractivity contribution in [3.8, 4) is 0 Å². The summed E-state index contributed by atoms with van der Waals surface area (Å²) in [5.74, 6) is 0. The fraction of sp³-hybridized carbons (Fsp3) is 0. The third-order valence-corrected chi connectivity index (χ3v) is 4.36. The van der Waals surface area contributed by atoms with Crippen molar-refractivity contribution in [2.45, 2.75) is 0 Å². The van der Waals surface area contributed by atoms with Crippen LogP contribution in [0.5, 0.6) is 0 Å². The first-order valence-corrected chi connectivity index (χ1v) is 7.29. The van der Waals surface area contributed by atoms with E-state index >= 15 is 0 Å². The number of aromatic nitrogens is 1. The van der Waals surface area contributed by atoms with Crippen LogP contribution in [0.3, 0.4) is 0 Å². The minimum Gasteiger partial charge on any atom is -0.237 e. The number of rotatable bonds is 2. The first kappa shape index (κ1) is 12.7. The monoisotopic (exact) mass is 305 g/mol. The molecular formula is C15H9Cl2NS. The zero-order chi connectivity index (χ0) is 13.2. The minimum atomic E-state index is 0.643. The Morgan fingerprint density at radius 2 is 1.63 bits per heavy atom. The molecule has 19 heavy (non-hydrogen) atoms. The maximum Gasteiger partial charge on any atom is 0.117 e. The summed E-state index contributed by atoms with van der Waals surface area (Å²) in [6, 6.07) is 13.6. The maximum atomic E-state index is 6.12. The van der Waals surface area contributed by atoms with Crippen molar-refractivity contribution in [1.29, 1.82) is 0 Å². The summed E-state index contributed by atoms with van der Waals surface area (Å²) in [6.07, 6.45) is 3.85. The van der Waals surface area contributed by atoms with E-state index in [0.29, 0.717) is 10.0 Å². The summed E-state index contributed by atoms with van der Waals surface area (Å²) >= 11 is 13.9. The number of nitrogens with zero attached hydrogens (tertiary/aromatic N) is 1. The van der Waals surface area contributed by atoms with Gasteiger partial charge < -0.3 is 0 Å². The van der Waals surface area contributed by atoms with Gasteiger partial charge in [0.05, 0.1) is 10.2 Å². The molecule has 0 fully saturated rings. The first-order valence-electron chi connectivity index (χ1n) is 5.72. The minimum absolute atomic E-state index is 0.643. The number of hydrogen-bond acceptors (Lipinski definition) is 2. The molecule has 0 amide bonds. The van der Waals surface area contributed by atoms with Gasteiger partial charge in [0.25, 0.3) is 0 Å². The van der Waals surface area contributed by atoms with Gasteiger partial charge in [-0.2, -0.15) is 0 Å². The van der Waals surface area contributed by atoms with Gasteiger partial charge in [0.15, 0.2) is 0 Å². The highest BCUT2D eigenvalue weighted by molar-refractivity contribution is 7.19. The molecule has 0 N–H and O–H groups in total. The van der Waals surface area contributed by atoms with Crippen molar-refractivity contribution in [2.24, 2.45) is 0 Å². The zero-order valence-electron chi connectivity index (χ0n) is 9.81. The van der Waals surface area contributed by atoms with Gasteiger partial charge in [0, 0.05) is 15.6 Å². The van der Waals surface area contributed by atoms with E-state index in [1.807, 2.05) is 48.6 Å². The van der Waals surface area contributed by atoms with E-state index in [9.17, 15) is 0 Å². The van der Waals surface area contributed by atoms with Crippen LogP contribution in [-0.2, 0) is 0 Å². The lowest BCUT2D eigenvalue weighted by atomic mass is 10.2. The van der Waals surface area contributed by atoms with E-state index in [0.717, 1.165) is 16.1 Å². The van der Waals surface area contributed by atoms with Crippen molar-refractivity contribution in [2.75, 3.05) is 0 Å². The number of benzene rings is 2. The van der Waals surface area contributed by atoms with Gasteiger partial charge in [-0.1, -0.05) is 41.4 Å². The standard InChI is InChI=1S/C15H9Cl2NS/c16-11-4-3-5-12(17)10(11)8-9-15-18-13-6-1-2-7-14(13)19-15/h1-9H. The smallest absolute Gasteiger partial charge is 0.117 e. The highest BCUT2D eigenvalue weighted by atomic mass is 35.5. The molecule has 0 bridgehead atoms. The molecule has 1 heterocycles. The molecule has 0 aliphatic heterocycles. The molecule has 0 spiro atoms. The largest absolute Gasteiger partial charge is 0.237 e. The number of fused-ring (bicyclic) bond motifs is 1. The fourth-order valence-electron chi connectivity index (χ4n) is 1.79. The van der Waals surface area contributed by atoms with Crippen molar-refractivity contribution in [1.82, 2.24) is 4.98 Å². The molecule has 1 nitrogen and oxygen atoms in total. The topological polar surface area (TPSA) is 12.9 Å². The normalized spacial score (nSPS) is 11.5. The molecule has 3 aromatic rings. The second-order valence-corrected chi connectivity index (χ2v) is 5.87. The van der Waals surface area contributed by atoms with E-state index in [1.165, 1.54) is 4.70 Å². The van der Waals surface area contributed by atoms with Crippen LogP contribution < -0.4 is 0 Å². The third kappa shape index (κ3) is 2.66. The molecule has 0 radical (unpaired) electrons. The second-order valence-electron chi connectivity index (χ2n) is 3.99. The van der Waals surface area contributed by atoms with E-state index in [1.54, 1.807) is 11.3 Å². The first-order chi connectivity index (χ1) is 9.24. The summed E-state index contributed by atoms with van der Waals surface area (Å²) in [4.78, 5) is 4.53. The van der Waals surface area contributed by atoms with Crippen LogP contribution in [0.2, 0.25) is 10.0 Å². The summed E-state index contributed by atoms with van der Waals surface area (Å²) in [6.45, 7) is 0. The lowest BCUT2D eigenvalue weighted by Crippen LogP contribution is -1.77. The average molecular weight is 306 g/mol. The van der Waals surface area contributed by atoms with Crippen LogP contribution in [-0.4, -0.2) is 4.98 Å². The molecule has 0 aliphatic rings. The Hall–Kier alpha value is -1.35.